The van der Waals surface area contributed by atoms with E-state index in [4.69, 9.17) is 5.73 Å². The molecule has 2 heterocycles. The van der Waals surface area contributed by atoms with Gasteiger partial charge in [-0.15, -0.1) is 0 Å². The predicted octanol–water partition coefficient (Wildman–Crippen LogP) is 0.629. The van der Waals surface area contributed by atoms with Crippen molar-refractivity contribution in [2.75, 3.05) is 0 Å². The number of imidazole rings is 2. The molecule has 2 rings (SSSR count). The maximum absolute atomic E-state index is 5.48. The molecular formula is C10H15N5. The topological polar surface area (TPSA) is 61.7 Å². The third kappa shape index (κ3) is 2.66. The SMILES string of the molecule is NCc1cn(CCCn2ccnc2)cn1. The van der Waals surface area contributed by atoms with Crippen LogP contribution in [0.4, 0.5) is 0 Å². The zero-order valence-corrected chi connectivity index (χ0v) is 8.58. The summed E-state index contributed by atoms with van der Waals surface area (Å²) in [5.41, 5.74) is 6.42. The number of hydrogen-bond acceptors (Lipinski definition) is 3. The lowest BCUT2D eigenvalue weighted by atomic mass is 10.4. The van der Waals surface area contributed by atoms with E-state index in [-0.39, 0.29) is 0 Å². The summed E-state index contributed by atoms with van der Waals surface area (Å²) in [7, 11) is 0. The average Bonchev–Trinajstić information content (AvgIpc) is 2.88. The molecule has 0 amide bonds. The second-order valence-corrected chi connectivity index (χ2v) is 3.46. The predicted molar refractivity (Wildman–Crippen MR) is 57.0 cm³/mol. The van der Waals surface area contributed by atoms with Gasteiger partial charge >= 0.3 is 0 Å². The molecule has 15 heavy (non-hydrogen) atoms. The van der Waals surface area contributed by atoms with Crippen molar-refractivity contribution in [1.82, 2.24) is 19.1 Å². The molecule has 2 N–H and O–H groups in total. The largest absolute Gasteiger partial charge is 0.337 e. The van der Waals surface area contributed by atoms with Crippen molar-refractivity contribution < 1.29 is 0 Å². The summed E-state index contributed by atoms with van der Waals surface area (Å²) in [5, 5.41) is 0. The summed E-state index contributed by atoms with van der Waals surface area (Å²) in [6, 6.07) is 0. The summed E-state index contributed by atoms with van der Waals surface area (Å²) < 4.78 is 4.14. The molecule has 0 aliphatic rings. The standard InChI is InChI=1S/C10H15N5/c11-6-10-7-15(9-13-10)4-1-3-14-5-2-12-8-14/h2,5,7-9H,1,3-4,6,11H2. The quantitative estimate of drug-likeness (QED) is 0.778. The molecule has 0 aromatic carbocycles. The molecule has 0 spiro atoms. The minimum Gasteiger partial charge on any atom is -0.337 e. The lowest BCUT2D eigenvalue weighted by molar-refractivity contribution is 0.563. The van der Waals surface area contributed by atoms with Crippen LogP contribution >= 0.6 is 0 Å². The molecule has 0 fully saturated rings. The van der Waals surface area contributed by atoms with Gasteiger partial charge in [-0.3, -0.25) is 0 Å². The average molecular weight is 205 g/mol. The Morgan fingerprint density at radius 3 is 2.73 bits per heavy atom. The smallest absolute Gasteiger partial charge is 0.0949 e. The first-order valence-corrected chi connectivity index (χ1v) is 5.05. The van der Waals surface area contributed by atoms with Gasteiger partial charge in [-0.25, -0.2) is 9.97 Å². The van der Waals surface area contributed by atoms with Crippen LogP contribution in [0.15, 0.2) is 31.2 Å². The molecule has 0 bridgehead atoms. The van der Waals surface area contributed by atoms with Crippen LogP contribution in [0, 0.1) is 0 Å². The van der Waals surface area contributed by atoms with Gasteiger partial charge in [0.15, 0.2) is 0 Å². The zero-order valence-electron chi connectivity index (χ0n) is 8.58. The lowest BCUT2D eigenvalue weighted by Gasteiger charge is -2.02. The van der Waals surface area contributed by atoms with Gasteiger partial charge in [-0.2, -0.15) is 0 Å². The number of nitrogens with two attached hydrogens (primary N) is 1. The third-order valence-electron chi connectivity index (χ3n) is 2.29. The summed E-state index contributed by atoms with van der Waals surface area (Å²) >= 11 is 0. The number of aryl methyl sites for hydroxylation is 2. The maximum atomic E-state index is 5.48. The first-order chi connectivity index (χ1) is 7.38. The van der Waals surface area contributed by atoms with E-state index in [0.717, 1.165) is 25.2 Å². The summed E-state index contributed by atoms with van der Waals surface area (Å²) in [5.74, 6) is 0. The molecular weight excluding hydrogens is 190 g/mol. The summed E-state index contributed by atoms with van der Waals surface area (Å²) in [6.45, 7) is 2.45. The van der Waals surface area contributed by atoms with E-state index in [9.17, 15) is 0 Å². The van der Waals surface area contributed by atoms with Gasteiger partial charge in [-0.1, -0.05) is 0 Å². The fraction of sp³-hybridized carbons (Fsp3) is 0.400. The molecule has 0 atom stereocenters. The van der Waals surface area contributed by atoms with Crippen molar-refractivity contribution in [2.24, 2.45) is 5.73 Å². The number of nitrogens with zero attached hydrogens (tertiary/aromatic N) is 4. The van der Waals surface area contributed by atoms with Gasteiger partial charge in [0.2, 0.25) is 0 Å². The Hall–Kier alpha value is -1.62. The van der Waals surface area contributed by atoms with Gasteiger partial charge in [0.1, 0.15) is 0 Å². The maximum Gasteiger partial charge on any atom is 0.0949 e. The number of rotatable bonds is 5. The van der Waals surface area contributed by atoms with E-state index in [1.54, 1.807) is 6.20 Å². The monoisotopic (exact) mass is 205 g/mol. The molecule has 0 saturated heterocycles. The van der Waals surface area contributed by atoms with Crippen molar-refractivity contribution >= 4 is 0 Å². The molecule has 5 heteroatoms. The highest BCUT2D eigenvalue weighted by Gasteiger charge is 1.96. The van der Waals surface area contributed by atoms with E-state index in [1.807, 2.05) is 25.0 Å². The van der Waals surface area contributed by atoms with Crippen LogP contribution in [0.25, 0.3) is 0 Å². The second kappa shape index (κ2) is 4.75. The fourth-order valence-electron chi connectivity index (χ4n) is 1.49. The van der Waals surface area contributed by atoms with Gasteiger partial charge < -0.3 is 14.9 Å². The Labute approximate surface area is 88.6 Å². The minimum absolute atomic E-state index is 0.508. The molecule has 2 aromatic heterocycles. The van der Waals surface area contributed by atoms with Crippen molar-refractivity contribution in [3.05, 3.63) is 36.9 Å². The van der Waals surface area contributed by atoms with Gasteiger partial charge in [0.25, 0.3) is 0 Å². The van der Waals surface area contributed by atoms with Gasteiger partial charge in [0.05, 0.1) is 18.3 Å². The van der Waals surface area contributed by atoms with Crippen LogP contribution < -0.4 is 5.73 Å². The molecule has 5 nitrogen and oxygen atoms in total. The molecule has 0 radical (unpaired) electrons. The Morgan fingerprint density at radius 2 is 2.07 bits per heavy atom. The number of aromatic nitrogens is 4. The first-order valence-electron chi connectivity index (χ1n) is 5.05. The Balaban J connectivity index is 1.78. The highest BCUT2D eigenvalue weighted by molar-refractivity contribution is 4.95. The van der Waals surface area contributed by atoms with Crippen LogP contribution in [0.2, 0.25) is 0 Å². The fourth-order valence-corrected chi connectivity index (χ4v) is 1.49. The zero-order chi connectivity index (χ0) is 10.5. The van der Waals surface area contributed by atoms with Crippen molar-refractivity contribution in [1.29, 1.82) is 0 Å². The van der Waals surface area contributed by atoms with Crippen molar-refractivity contribution in [2.45, 2.75) is 26.1 Å². The third-order valence-corrected chi connectivity index (χ3v) is 2.29. The van der Waals surface area contributed by atoms with Crippen LogP contribution in [-0.2, 0) is 19.6 Å². The molecule has 0 aliphatic carbocycles. The normalized spacial score (nSPS) is 10.7. The number of hydrogen-bond donors (Lipinski definition) is 1. The Kier molecular flexibility index (Phi) is 3.14. The molecule has 0 aliphatic heterocycles. The minimum atomic E-state index is 0.508. The highest BCUT2D eigenvalue weighted by Crippen LogP contribution is 1.98. The van der Waals surface area contributed by atoms with Crippen LogP contribution in [-0.4, -0.2) is 19.1 Å². The first kappa shape index (κ1) is 9.92. The summed E-state index contributed by atoms with van der Waals surface area (Å²) in [4.78, 5) is 8.16. The van der Waals surface area contributed by atoms with Gasteiger partial charge in [-0.05, 0) is 6.42 Å². The van der Waals surface area contributed by atoms with E-state index >= 15 is 0 Å². The molecule has 80 valence electrons. The molecule has 0 saturated carbocycles. The van der Waals surface area contributed by atoms with E-state index in [1.165, 1.54) is 0 Å². The van der Waals surface area contributed by atoms with E-state index in [0.29, 0.717) is 6.54 Å². The van der Waals surface area contributed by atoms with Crippen LogP contribution in [0.5, 0.6) is 0 Å². The molecule has 0 unspecified atom stereocenters. The Morgan fingerprint density at radius 1 is 1.20 bits per heavy atom. The van der Waals surface area contributed by atoms with Crippen LogP contribution in [0.1, 0.15) is 12.1 Å². The molecule has 2 aromatic rings. The highest BCUT2D eigenvalue weighted by atomic mass is 15.1. The van der Waals surface area contributed by atoms with Gasteiger partial charge in [0, 0.05) is 38.2 Å². The van der Waals surface area contributed by atoms with Crippen molar-refractivity contribution in [3.63, 3.8) is 0 Å². The lowest BCUT2D eigenvalue weighted by Crippen LogP contribution is -2.01. The van der Waals surface area contributed by atoms with E-state index in [2.05, 4.69) is 19.1 Å². The second-order valence-electron chi connectivity index (χ2n) is 3.46. The Bertz CT molecular complexity index is 390. The van der Waals surface area contributed by atoms with Crippen molar-refractivity contribution in [3.8, 4) is 0 Å². The summed E-state index contributed by atoms with van der Waals surface area (Å²) in [6.07, 6.45) is 10.5. The van der Waals surface area contributed by atoms with E-state index < -0.39 is 0 Å². The van der Waals surface area contributed by atoms with Crippen LogP contribution in [0.3, 0.4) is 0 Å².